The number of aromatic nitrogens is 3. The van der Waals surface area contributed by atoms with Crippen molar-refractivity contribution >= 4 is 11.7 Å². The first-order chi connectivity index (χ1) is 13.5. The topological polar surface area (TPSA) is 86.1 Å². The number of amides is 1. The number of rotatable bonds is 8. The van der Waals surface area contributed by atoms with Gasteiger partial charge < -0.3 is 10.1 Å². The number of hydrogen-bond acceptors (Lipinski definition) is 5. The molecule has 3 rings (SSSR count). The van der Waals surface area contributed by atoms with Crippen LogP contribution in [-0.2, 0) is 24.3 Å². The van der Waals surface area contributed by atoms with E-state index in [9.17, 15) is 9.59 Å². The molecule has 1 amide bonds. The number of Topliss-reactive ketones (excluding diaryl/α,β-unsaturated/α-hetero) is 1. The zero-order valence-corrected chi connectivity index (χ0v) is 15.9. The standard InChI is InChI=1S/C21H22N4O3/c1-15(26)18-7-8-20(28-2)19(9-18)10-21(27)23-11-16-3-5-17(6-4-16)12-25-14-22-13-24-25/h3-9,13-14H,10-12H2,1-2H3,(H,23,27). The highest BCUT2D eigenvalue weighted by Gasteiger charge is 2.11. The minimum Gasteiger partial charge on any atom is -0.496 e. The summed E-state index contributed by atoms with van der Waals surface area (Å²) in [5, 5.41) is 6.99. The van der Waals surface area contributed by atoms with Crippen molar-refractivity contribution in [3.63, 3.8) is 0 Å². The molecule has 0 aliphatic carbocycles. The Balaban J connectivity index is 1.57. The van der Waals surface area contributed by atoms with Crippen molar-refractivity contribution < 1.29 is 14.3 Å². The summed E-state index contributed by atoms with van der Waals surface area (Å²) in [5.74, 6) is 0.415. The molecule has 0 aliphatic rings. The van der Waals surface area contributed by atoms with Crippen LogP contribution < -0.4 is 10.1 Å². The number of nitrogens with one attached hydrogen (secondary N) is 1. The van der Waals surface area contributed by atoms with Gasteiger partial charge in [-0.15, -0.1) is 0 Å². The number of ketones is 1. The fourth-order valence-electron chi connectivity index (χ4n) is 2.84. The molecule has 0 fully saturated rings. The molecule has 1 heterocycles. The molecular formula is C21H22N4O3. The van der Waals surface area contributed by atoms with Crippen molar-refractivity contribution in [2.24, 2.45) is 0 Å². The maximum absolute atomic E-state index is 12.3. The van der Waals surface area contributed by atoms with Crippen LogP contribution in [0.1, 0.15) is 34.0 Å². The highest BCUT2D eigenvalue weighted by atomic mass is 16.5. The zero-order chi connectivity index (χ0) is 19.9. The van der Waals surface area contributed by atoms with Crippen LogP contribution in [0.4, 0.5) is 0 Å². The summed E-state index contributed by atoms with van der Waals surface area (Å²) in [7, 11) is 1.55. The summed E-state index contributed by atoms with van der Waals surface area (Å²) < 4.78 is 7.05. The summed E-state index contributed by atoms with van der Waals surface area (Å²) in [6.45, 7) is 2.58. The van der Waals surface area contributed by atoms with Gasteiger partial charge in [-0.2, -0.15) is 5.10 Å². The van der Waals surface area contributed by atoms with E-state index in [1.54, 1.807) is 36.3 Å². The number of carbonyl (C=O) groups is 2. The normalized spacial score (nSPS) is 10.5. The van der Waals surface area contributed by atoms with Gasteiger partial charge in [0.15, 0.2) is 5.78 Å². The number of benzene rings is 2. The summed E-state index contributed by atoms with van der Waals surface area (Å²) >= 11 is 0. The number of ether oxygens (including phenoxy) is 1. The third-order valence-corrected chi connectivity index (χ3v) is 4.36. The fourth-order valence-corrected chi connectivity index (χ4v) is 2.84. The minimum absolute atomic E-state index is 0.0460. The van der Waals surface area contributed by atoms with E-state index in [4.69, 9.17) is 4.74 Å². The van der Waals surface area contributed by atoms with Gasteiger partial charge in [0.25, 0.3) is 0 Å². The monoisotopic (exact) mass is 378 g/mol. The second kappa shape index (κ2) is 8.94. The molecule has 0 saturated carbocycles. The lowest BCUT2D eigenvalue weighted by atomic mass is 10.0. The Kier molecular flexibility index (Phi) is 6.16. The largest absolute Gasteiger partial charge is 0.496 e. The van der Waals surface area contributed by atoms with Crippen molar-refractivity contribution in [2.75, 3.05) is 7.11 Å². The van der Waals surface area contributed by atoms with Crippen LogP contribution in [0.2, 0.25) is 0 Å². The number of nitrogens with zero attached hydrogens (tertiary/aromatic N) is 3. The maximum Gasteiger partial charge on any atom is 0.224 e. The summed E-state index contributed by atoms with van der Waals surface area (Å²) in [5.41, 5.74) is 3.36. The number of hydrogen-bond donors (Lipinski definition) is 1. The van der Waals surface area contributed by atoms with E-state index in [1.807, 2.05) is 24.3 Å². The van der Waals surface area contributed by atoms with E-state index in [-0.39, 0.29) is 18.1 Å². The van der Waals surface area contributed by atoms with Gasteiger partial charge in [0.2, 0.25) is 5.91 Å². The molecule has 0 saturated heterocycles. The van der Waals surface area contributed by atoms with Crippen LogP contribution in [0.5, 0.6) is 5.75 Å². The summed E-state index contributed by atoms with van der Waals surface area (Å²) in [6, 6.07) is 13.1. The Morgan fingerprint density at radius 2 is 1.86 bits per heavy atom. The average molecular weight is 378 g/mol. The summed E-state index contributed by atoms with van der Waals surface area (Å²) in [4.78, 5) is 27.8. The van der Waals surface area contributed by atoms with Crippen molar-refractivity contribution in [3.8, 4) is 5.75 Å². The molecule has 7 heteroatoms. The first kappa shape index (κ1) is 19.3. The first-order valence-electron chi connectivity index (χ1n) is 8.90. The second-order valence-corrected chi connectivity index (χ2v) is 6.45. The quantitative estimate of drug-likeness (QED) is 0.608. The Morgan fingerprint density at radius 3 is 2.50 bits per heavy atom. The van der Waals surface area contributed by atoms with Gasteiger partial charge in [0.05, 0.1) is 20.1 Å². The number of methoxy groups -OCH3 is 1. The molecule has 2 aromatic carbocycles. The van der Waals surface area contributed by atoms with Gasteiger partial charge in [-0.05, 0) is 36.2 Å². The summed E-state index contributed by atoms with van der Waals surface area (Å²) in [6.07, 6.45) is 3.32. The lowest BCUT2D eigenvalue weighted by Crippen LogP contribution is -2.24. The van der Waals surface area contributed by atoms with Crippen LogP contribution in [0.3, 0.4) is 0 Å². The van der Waals surface area contributed by atoms with Crippen LogP contribution >= 0.6 is 0 Å². The molecular weight excluding hydrogens is 356 g/mol. The SMILES string of the molecule is COc1ccc(C(C)=O)cc1CC(=O)NCc1ccc(Cn2cncn2)cc1. The minimum atomic E-state index is -0.134. The molecule has 0 unspecified atom stereocenters. The highest BCUT2D eigenvalue weighted by Crippen LogP contribution is 2.21. The average Bonchev–Trinajstić information content (AvgIpc) is 3.20. The second-order valence-electron chi connectivity index (χ2n) is 6.45. The third-order valence-electron chi connectivity index (χ3n) is 4.36. The van der Waals surface area contributed by atoms with E-state index in [2.05, 4.69) is 15.4 Å². The van der Waals surface area contributed by atoms with Gasteiger partial charge >= 0.3 is 0 Å². The first-order valence-corrected chi connectivity index (χ1v) is 8.90. The van der Waals surface area contributed by atoms with Gasteiger partial charge in [-0.3, -0.25) is 9.59 Å². The number of carbonyl (C=O) groups excluding carboxylic acids is 2. The van der Waals surface area contributed by atoms with E-state index in [1.165, 1.54) is 13.3 Å². The van der Waals surface area contributed by atoms with Crippen LogP contribution in [-0.4, -0.2) is 33.6 Å². The van der Waals surface area contributed by atoms with Crippen molar-refractivity contribution in [1.82, 2.24) is 20.1 Å². The van der Waals surface area contributed by atoms with E-state index in [0.29, 0.717) is 30.0 Å². The van der Waals surface area contributed by atoms with E-state index < -0.39 is 0 Å². The predicted molar refractivity (Wildman–Crippen MR) is 104 cm³/mol. The van der Waals surface area contributed by atoms with Gasteiger partial charge in [0, 0.05) is 17.7 Å². The smallest absolute Gasteiger partial charge is 0.224 e. The Hall–Kier alpha value is -3.48. The molecule has 1 aromatic heterocycles. The Labute approximate surface area is 163 Å². The highest BCUT2D eigenvalue weighted by molar-refractivity contribution is 5.94. The van der Waals surface area contributed by atoms with Crippen LogP contribution in [0.25, 0.3) is 0 Å². The molecule has 0 spiro atoms. The molecule has 0 aliphatic heterocycles. The molecule has 3 aromatic rings. The van der Waals surface area contributed by atoms with Gasteiger partial charge in [-0.25, -0.2) is 9.67 Å². The molecule has 28 heavy (non-hydrogen) atoms. The predicted octanol–water partition coefficient (Wildman–Crippen LogP) is 2.40. The lowest BCUT2D eigenvalue weighted by Gasteiger charge is -2.11. The Morgan fingerprint density at radius 1 is 1.11 bits per heavy atom. The van der Waals surface area contributed by atoms with Crippen LogP contribution in [0, 0.1) is 0 Å². The maximum atomic E-state index is 12.3. The van der Waals surface area contributed by atoms with Crippen molar-refractivity contribution in [3.05, 3.63) is 77.4 Å². The Bertz CT molecular complexity index is 950. The molecule has 1 N–H and O–H groups in total. The third kappa shape index (κ3) is 5.03. The van der Waals surface area contributed by atoms with Crippen molar-refractivity contribution in [2.45, 2.75) is 26.4 Å². The molecule has 0 radical (unpaired) electrons. The van der Waals surface area contributed by atoms with E-state index >= 15 is 0 Å². The molecule has 0 bridgehead atoms. The van der Waals surface area contributed by atoms with Crippen LogP contribution in [0.15, 0.2) is 55.1 Å². The fraction of sp³-hybridized carbons (Fsp3) is 0.238. The van der Waals surface area contributed by atoms with Crippen molar-refractivity contribution in [1.29, 1.82) is 0 Å². The molecule has 0 atom stereocenters. The van der Waals surface area contributed by atoms with E-state index in [0.717, 1.165) is 11.1 Å². The molecule has 144 valence electrons. The van der Waals surface area contributed by atoms with Gasteiger partial charge in [0.1, 0.15) is 18.4 Å². The van der Waals surface area contributed by atoms with Gasteiger partial charge in [-0.1, -0.05) is 24.3 Å². The lowest BCUT2D eigenvalue weighted by molar-refractivity contribution is -0.120. The zero-order valence-electron chi connectivity index (χ0n) is 15.9. The molecule has 7 nitrogen and oxygen atoms in total.